The number of rotatable bonds is 2. The fourth-order valence-electron chi connectivity index (χ4n) is 1.77. The molecule has 2 nitrogen and oxygen atoms in total. The molecule has 0 heterocycles. The Morgan fingerprint density at radius 1 is 1.12 bits per heavy atom. The molecular weight excluding hydrogens is 232 g/mol. The Hall–Kier alpha value is -1.61. The second-order valence-electron chi connectivity index (χ2n) is 4.01. The highest BCUT2D eigenvalue weighted by Crippen LogP contribution is 2.23. The van der Waals surface area contributed by atoms with Crippen LogP contribution < -0.4 is 0 Å². The number of benzene rings is 2. The van der Waals surface area contributed by atoms with Gasteiger partial charge >= 0.3 is 0 Å². The maximum absolute atomic E-state index is 12.3. The summed E-state index contributed by atoms with van der Waals surface area (Å²) in [5, 5.41) is 0. The van der Waals surface area contributed by atoms with Crippen LogP contribution in [0.25, 0.3) is 0 Å². The SMILES string of the molecule is Cc1ccc(S(=O)(=O)c2c[c]ccc2)c(C)c1. The Morgan fingerprint density at radius 3 is 2.47 bits per heavy atom. The second-order valence-corrected chi connectivity index (χ2v) is 5.93. The molecule has 17 heavy (non-hydrogen) atoms. The maximum atomic E-state index is 12.3. The molecule has 0 atom stereocenters. The van der Waals surface area contributed by atoms with Crippen molar-refractivity contribution in [2.45, 2.75) is 23.6 Å². The van der Waals surface area contributed by atoms with Gasteiger partial charge in [0.05, 0.1) is 9.79 Å². The number of hydrogen-bond donors (Lipinski definition) is 0. The standard InChI is InChI=1S/C14H13O2S/c1-11-8-9-14(12(2)10-11)17(15,16)13-6-4-3-5-7-13/h3-4,6-10H,1-2H3. The lowest BCUT2D eigenvalue weighted by molar-refractivity contribution is 0.595. The first-order valence-electron chi connectivity index (χ1n) is 5.30. The van der Waals surface area contributed by atoms with Crippen molar-refractivity contribution < 1.29 is 8.42 Å². The molecule has 0 aliphatic heterocycles. The van der Waals surface area contributed by atoms with Crippen LogP contribution in [0.4, 0.5) is 0 Å². The highest BCUT2D eigenvalue weighted by Gasteiger charge is 2.19. The fraction of sp³-hybridized carbons (Fsp3) is 0.143. The molecule has 0 aromatic heterocycles. The van der Waals surface area contributed by atoms with E-state index in [-0.39, 0.29) is 4.90 Å². The van der Waals surface area contributed by atoms with Crippen LogP contribution in [0.1, 0.15) is 11.1 Å². The zero-order valence-electron chi connectivity index (χ0n) is 9.77. The lowest BCUT2D eigenvalue weighted by atomic mass is 10.2. The average Bonchev–Trinajstić information content (AvgIpc) is 2.29. The number of hydrogen-bond acceptors (Lipinski definition) is 2. The summed E-state index contributed by atoms with van der Waals surface area (Å²) in [4.78, 5) is 0.648. The molecule has 0 aliphatic carbocycles. The van der Waals surface area contributed by atoms with Crippen LogP contribution in [0.15, 0.2) is 52.3 Å². The van der Waals surface area contributed by atoms with E-state index in [2.05, 4.69) is 6.07 Å². The average molecular weight is 245 g/mol. The smallest absolute Gasteiger partial charge is 0.206 e. The van der Waals surface area contributed by atoms with Gasteiger partial charge in [0.1, 0.15) is 0 Å². The van der Waals surface area contributed by atoms with Gasteiger partial charge in [-0.3, -0.25) is 0 Å². The van der Waals surface area contributed by atoms with Crippen LogP contribution in [0.2, 0.25) is 0 Å². The van der Waals surface area contributed by atoms with Crippen LogP contribution in [0.3, 0.4) is 0 Å². The van der Waals surface area contributed by atoms with Gasteiger partial charge in [-0.05, 0) is 43.7 Å². The molecule has 0 spiro atoms. The topological polar surface area (TPSA) is 34.1 Å². The lowest BCUT2D eigenvalue weighted by Crippen LogP contribution is -2.04. The lowest BCUT2D eigenvalue weighted by Gasteiger charge is -2.08. The third kappa shape index (κ3) is 2.24. The molecule has 0 N–H and O–H groups in total. The summed E-state index contributed by atoms with van der Waals surface area (Å²) in [6.45, 7) is 3.76. The zero-order chi connectivity index (χ0) is 12.5. The summed E-state index contributed by atoms with van der Waals surface area (Å²) in [7, 11) is -3.42. The van der Waals surface area contributed by atoms with E-state index in [4.69, 9.17) is 0 Å². The fourth-order valence-corrected chi connectivity index (χ4v) is 3.24. The summed E-state index contributed by atoms with van der Waals surface area (Å²) >= 11 is 0. The Labute approximate surface area is 102 Å². The summed E-state index contributed by atoms with van der Waals surface area (Å²) in [6.07, 6.45) is 0. The molecule has 0 saturated carbocycles. The van der Waals surface area contributed by atoms with Crippen molar-refractivity contribution >= 4 is 9.84 Å². The number of sulfone groups is 1. The number of aryl methyl sites for hydroxylation is 2. The van der Waals surface area contributed by atoms with Gasteiger partial charge in [-0.25, -0.2) is 8.42 Å². The van der Waals surface area contributed by atoms with Gasteiger partial charge in [0.25, 0.3) is 0 Å². The van der Waals surface area contributed by atoms with Crippen LogP contribution in [-0.4, -0.2) is 8.42 Å². The molecule has 0 unspecified atom stereocenters. The van der Waals surface area contributed by atoms with Gasteiger partial charge in [-0.2, -0.15) is 0 Å². The van der Waals surface area contributed by atoms with Crippen molar-refractivity contribution in [2.75, 3.05) is 0 Å². The van der Waals surface area contributed by atoms with Crippen molar-refractivity contribution in [2.24, 2.45) is 0 Å². The van der Waals surface area contributed by atoms with Crippen LogP contribution in [0, 0.1) is 19.9 Å². The first-order chi connectivity index (χ1) is 8.01. The predicted octanol–water partition coefficient (Wildman–Crippen LogP) is 2.94. The van der Waals surface area contributed by atoms with E-state index >= 15 is 0 Å². The van der Waals surface area contributed by atoms with Crippen molar-refractivity contribution in [1.82, 2.24) is 0 Å². The normalized spacial score (nSPS) is 11.4. The molecule has 2 aromatic rings. The first kappa shape index (κ1) is 11.9. The van der Waals surface area contributed by atoms with Crippen LogP contribution in [-0.2, 0) is 9.84 Å². The van der Waals surface area contributed by atoms with E-state index in [1.54, 1.807) is 24.3 Å². The van der Waals surface area contributed by atoms with Crippen molar-refractivity contribution in [3.8, 4) is 0 Å². The summed E-state index contributed by atoms with van der Waals surface area (Å²) in [5.41, 5.74) is 1.83. The molecule has 0 bridgehead atoms. The third-order valence-electron chi connectivity index (χ3n) is 2.61. The molecule has 3 heteroatoms. The van der Waals surface area contributed by atoms with E-state index in [0.717, 1.165) is 11.1 Å². The first-order valence-corrected chi connectivity index (χ1v) is 6.78. The van der Waals surface area contributed by atoms with E-state index in [1.165, 1.54) is 6.07 Å². The Balaban J connectivity index is 2.61. The molecule has 0 amide bonds. The highest BCUT2D eigenvalue weighted by molar-refractivity contribution is 7.91. The van der Waals surface area contributed by atoms with Crippen LogP contribution >= 0.6 is 0 Å². The Bertz CT molecular complexity index is 629. The van der Waals surface area contributed by atoms with E-state index in [9.17, 15) is 8.42 Å². The van der Waals surface area contributed by atoms with Gasteiger partial charge in [0.2, 0.25) is 9.84 Å². The molecule has 0 saturated heterocycles. The molecular formula is C14H13O2S. The van der Waals surface area contributed by atoms with E-state index < -0.39 is 9.84 Å². The van der Waals surface area contributed by atoms with E-state index in [1.807, 2.05) is 26.0 Å². The van der Waals surface area contributed by atoms with Crippen molar-refractivity contribution in [1.29, 1.82) is 0 Å². The quantitative estimate of drug-likeness (QED) is 0.815. The zero-order valence-corrected chi connectivity index (χ0v) is 10.6. The molecule has 2 aromatic carbocycles. The molecule has 2 rings (SSSR count). The minimum atomic E-state index is -3.42. The van der Waals surface area contributed by atoms with Gasteiger partial charge < -0.3 is 0 Å². The monoisotopic (exact) mass is 245 g/mol. The molecule has 1 radical (unpaired) electrons. The van der Waals surface area contributed by atoms with Gasteiger partial charge in [-0.1, -0.05) is 29.8 Å². The highest BCUT2D eigenvalue weighted by atomic mass is 32.2. The van der Waals surface area contributed by atoms with Gasteiger partial charge in [0, 0.05) is 0 Å². The Kier molecular flexibility index (Phi) is 3.03. The van der Waals surface area contributed by atoms with Gasteiger partial charge in [-0.15, -0.1) is 0 Å². The Morgan fingerprint density at radius 2 is 1.88 bits per heavy atom. The summed E-state index contributed by atoms with van der Waals surface area (Å²) in [5.74, 6) is 0. The second kappa shape index (κ2) is 4.34. The van der Waals surface area contributed by atoms with E-state index in [0.29, 0.717) is 4.90 Å². The summed E-state index contributed by atoms with van der Waals surface area (Å²) in [6, 6.07) is 14.6. The molecule has 0 aliphatic rings. The van der Waals surface area contributed by atoms with Crippen molar-refractivity contribution in [3.05, 3.63) is 59.7 Å². The maximum Gasteiger partial charge on any atom is 0.206 e. The van der Waals surface area contributed by atoms with Gasteiger partial charge in [0.15, 0.2) is 0 Å². The predicted molar refractivity (Wildman–Crippen MR) is 66.6 cm³/mol. The minimum absolute atomic E-state index is 0.284. The van der Waals surface area contributed by atoms with Crippen molar-refractivity contribution in [3.63, 3.8) is 0 Å². The van der Waals surface area contributed by atoms with Crippen LogP contribution in [0.5, 0.6) is 0 Å². The largest absolute Gasteiger partial charge is 0.219 e. The molecule has 87 valence electrons. The summed E-state index contributed by atoms with van der Waals surface area (Å²) < 4.78 is 24.7. The minimum Gasteiger partial charge on any atom is -0.219 e. The third-order valence-corrected chi connectivity index (χ3v) is 4.52. The molecule has 0 fully saturated rings.